The van der Waals surface area contributed by atoms with Crippen molar-refractivity contribution in [1.82, 2.24) is 15.3 Å². The summed E-state index contributed by atoms with van der Waals surface area (Å²) in [7, 11) is 21.1. The van der Waals surface area contributed by atoms with E-state index >= 15 is 0 Å². The second-order valence-electron chi connectivity index (χ2n) is 7.61. The maximum atomic E-state index is 12.0. The van der Waals surface area contributed by atoms with Crippen LogP contribution in [-0.4, -0.2) is 97.4 Å². The monoisotopic (exact) mass is 522 g/mol. The van der Waals surface area contributed by atoms with Gasteiger partial charge in [0.1, 0.15) is 42.9 Å². The zero-order chi connectivity index (χ0) is 27.1. The lowest BCUT2D eigenvalue weighted by Crippen LogP contribution is -2.73. The van der Waals surface area contributed by atoms with E-state index < -0.39 is 22.4 Å². The molecule has 0 saturated carbocycles. The molecule has 0 bridgehead atoms. The van der Waals surface area contributed by atoms with Gasteiger partial charge in [-0.25, -0.2) is 4.98 Å². The summed E-state index contributed by atoms with van der Waals surface area (Å²) in [6.45, 7) is -0.130. The van der Waals surface area contributed by atoms with Gasteiger partial charge in [-0.3, -0.25) is 4.79 Å². The molecule has 0 spiro atoms. The number of hydrogen-bond donors (Lipinski definition) is 7. The van der Waals surface area contributed by atoms with E-state index in [0.29, 0.717) is 11.1 Å². The number of amides is 1. The van der Waals surface area contributed by atoms with Gasteiger partial charge in [-0.05, 0) is 24.3 Å². The van der Waals surface area contributed by atoms with Gasteiger partial charge in [0.05, 0.1) is 11.6 Å². The molecule has 1 amide bonds. The molecule has 0 aliphatic heterocycles. The Morgan fingerprint density at radius 2 is 1.64 bits per heavy atom. The quantitative estimate of drug-likeness (QED) is 0.161. The highest BCUT2D eigenvalue weighted by Gasteiger charge is 2.51. The number of H-pyrrole nitrogens is 1. The van der Waals surface area contributed by atoms with Crippen LogP contribution in [0.2, 0.25) is 10.0 Å². The van der Waals surface area contributed by atoms with Crippen molar-refractivity contribution in [2.75, 3.05) is 18.5 Å². The molecule has 180 valence electrons. The molecule has 0 saturated heterocycles. The third-order valence-electron chi connectivity index (χ3n) is 4.69. The Morgan fingerprint density at radius 3 is 2.14 bits per heavy atom. The maximum Gasteiger partial charge on any atom is 0.267 e. The van der Waals surface area contributed by atoms with Gasteiger partial charge < -0.3 is 36.0 Å². The summed E-state index contributed by atoms with van der Waals surface area (Å²) in [5.74, 6) is -0.612. The number of aliphatic hydroxyl groups is 4. The number of pyridine rings is 1. The number of carbonyl (C=O) groups is 1. The van der Waals surface area contributed by atoms with Crippen molar-refractivity contribution in [2.24, 2.45) is 0 Å². The van der Waals surface area contributed by atoms with Crippen LogP contribution in [0.3, 0.4) is 0 Å². The number of rotatable bonds is 8. The van der Waals surface area contributed by atoms with E-state index in [2.05, 4.69) is 20.6 Å². The molecule has 1 aromatic carbocycles. The predicted molar refractivity (Wildman–Crippen MR) is 141 cm³/mol. The number of nitrogens with one attached hydrogen (secondary N) is 3. The first-order chi connectivity index (χ1) is 16.7. The van der Waals surface area contributed by atoms with Crippen LogP contribution in [-0.2, 0) is 0 Å². The minimum absolute atomic E-state index is 0.0814. The molecular weight excluding hydrogens is 502 g/mol. The van der Waals surface area contributed by atoms with Crippen LogP contribution in [0.4, 0.5) is 5.82 Å². The van der Waals surface area contributed by atoms with E-state index in [1.54, 1.807) is 0 Å². The zero-order valence-electron chi connectivity index (χ0n) is 18.8. The molecule has 0 aliphatic rings. The predicted octanol–water partition coefficient (Wildman–Crippen LogP) is -0.141. The largest absolute Gasteiger partial charge is 0.404 e. The number of halogens is 2. The molecule has 9 nitrogen and oxygen atoms in total. The first-order valence-electron chi connectivity index (χ1n) is 10.2. The number of anilines is 1. The van der Waals surface area contributed by atoms with Crippen molar-refractivity contribution in [2.45, 2.75) is 16.5 Å². The summed E-state index contributed by atoms with van der Waals surface area (Å²) in [6, 6.07) is 12.2. The van der Waals surface area contributed by atoms with Gasteiger partial charge in [-0.15, -0.1) is 0 Å². The van der Waals surface area contributed by atoms with Crippen molar-refractivity contribution >= 4 is 66.3 Å². The molecule has 0 unspecified atom stereocenters. The van der Waals surface area contributed by atoms with Crippen LogP contribution in [0.15, 0.2) is 54.9 Å². The molecule has 2 aromatic heterocycles. The number of aliphatic hydroxyl groups excluding tert-OH is 1. The van der Waals surface area contributed by atoms with E-state index in [4.69, 9.17) is 59.7 Å². The standard InChI is InChI=1S/C15H15B4ClN4O5.C6H5Cl/c16-14(17,28)13(27,15(18,19)29)24-11-4-8(9(20)6-23-11)7-3-10(22-5-7)12(26)21-1-2-25;7-6-4-2-1-3-5-6/h3-6,22,25,27-29H,1-2H2,(H,21,26)(H,23,24);1-5H. The topological polar surface area (TPSA) is 151 Å². The van der Waals surface area contributed by atoms with Crippen LogP contribution >= 0.6 is 23.2 Å². The first-order valence-corrected chi connectivity index (χ1v) is 11.0. The fraction of sp³-hybridized carbons (Fsp3) is 0.238. The number of benzene rings is 1. The van der Waals surface area contributed by atoms with Gasteiger partial charge >= 0.3 is 0 Å². The van der Waals surface area contributed by atoms with Gasteiger partial charge in [0, 0.05) is 45.9 Å². The Balaban J connectivity index is 0.000000558. The van der Waals surface area contributed by atoms with Crippen LogP contribution in [0.5, 0.6) is 0 Å². The molecule has 0 fully saturated rings. The van der Waals surface area contributed by atoms with E-state index in [0.717, 1.165) is 5.02 Å². The average molecular weight is 523 g/mol. The van der Waals surface area contributed by atoms with Gasteiger partial charge in [-0.2, -0.15) is 0 Å². The van der Waals surface area contributed by atoms with Gasteiger partial charge in [0.2, 0.25) is 0 Å². The normalized spacial score (nSPS) is 11.8. The van der Waals surface area contributed by atoms with Crippen molar-refractivity contribution in [3.05, 3.63) is 70.6 Å². The molecule has 36 heavy (non-hydrogen) atoms. The fourth-order valence-electron chi connectivity index (χ4n) is 2.79. The highest BCUT2D eigenvalue weighted by molar-refractivity contribution is 6.45. The molecule has 2 heterocycles. The summed E-state index contributed by atoms with van der Waals surface area (Å²) in [6.07, 6.45) is 2.67. The Bertz CT molecular complexity index is 1140. The molecule has 15 heteroatoms. The number of nitrogens with zero attached hydrogens (tertiary/aromatic N) is 1. The summed E-state index contributed by atoms with van der Waals surface area (Å²) in [5, 5.41) is 38.6. The third-order valence-corrected chi connectivity index (χ3v) is 5.25. The Kier molecular flexibility index (Phi) is 10.1. The van der Waals surface area contributed by atoms with Gasteiger partial charge in [0.15, 0.2) is 5.72 Å². The first kappa shape index (κ1) is 29.8. The molecule has 8 radical (unpaired) electrons. The molecule has 7 N–H and O–H groups in total. The van der Waals surface area contributed by atoms with Crippen LogP contribution in [0.1, 0.15) is 10.5 Å². The van der Waals surface area contributed by atoms with Crippen molar-refractivity contribution in [1.29, 1.82) is 0 Å². The highest BCUT2D eigenvalue weighted by Crippen LogP contribution is 2.33. The minimum Gasteiger partial charge on any atom is -0.404 e. The third kappa shape index (κ3) is 7.55. The summed E-state index contributed by atoms with van der Waals surface area (Å²) in [5.41, 5.74) is -2.02. The minimum atomic E-state index is -3.02. The van der Waals surface area contributed by atoms with E-state index in [1.165, 1.54) is 24.5 Å². The Labute approximate surface area is 223 Å². The van der Waals surface area contributed by atoms with Gasteiger partial charge in [0.25, 0.3) is 5.91 Å². The SMILES string of the molecule is Clc1ccccc1.[B]C([B])(O)C(O)(Nc1cc(-c2c[nH]c(C(=O)NCCO)c2)c(Cl)cn1)C([B])([B])O. The lowest BCUT2D eigenvalue weighted by atomic mass is 9.46. The Morgan fingerprint density at radius 1 is 1.03 bits per heavy atom. The van der Waals surface area contributed by atoms with Crippen molar-refractivity contribution < 1.29 is 25.2 Å². The molecule has 3 aromatic rings. The van der Waals surface area contributed by atoms with E-state index in [-0.39, 0.29) is 29.7 Å². The number of aromatic nitrogens is 2. The highest BCUT2D eigenvalue weighted by atomic mass is 35.5. The number of carbonyl (C=O) groups excluding carboxylic acids is 1. The summed E-state index contributed by atoms with van der Waals surface area (Å²) < 4.78 is 0. The average Bonchev–Trinajstić information content (AvgIpc) is 3.28. The van der Waals surface area contributed by atoms with Gasteiger partial charge in [-0.1, -0.05) is 41.4 Å². The Hall–Kier alpha value is -2.40. The van der Waals surface area contributed by atoms with Crippen molar-refractivity contribution in [3.63, 3.8) is 0 Å². The van der Waals surface area contributed by atoms with Crippen LogP contribution < -0.4 is 10.6 Å². The number of hydrogen-bond acceptors (Lipinski definition) is 7. The smallest absolute Gasteiger partial charge is 0.267 e. The summed E-state index contributed by atoms with van der Waals surface area (Å²) >= 11 is 11.7. The molecule has 3 rings (SSSR count). The van der Waals surface area contributed by atoms with Crippen LogP contribution in [0, 0.1) is 0 Å². The number of aromatic amines is 1. The molecular formula is C21H20B4Cl2N4O5. The summed E-state index contributed by atoms with van der Waals surface area (Å²) in [4.78, 5) is 18.6. The van der Waals surface area contributed by atoms with E-state index in [1.807, 2.05) is 30.3 Å². The lowest BCUT2D eigenvalue weighted by molar-refractivity contribution is -0.105. The molecule has 0 atom stereocenters. The maximum absolute atomic E-state index is 12.0. The fourth-order valence-corrected chi connectivity index (χ4v) is 3.15. The second-order valence-corrected chi connectivity index (χ2v) is 8.46. The van der Waals surface area contributed by atoms with E-state index in [9.17, 15) is 20.1 Å². The van der Waals surface area contributed by atoms with Crippen molar-refractivity contribution in [3.8, 4) is 11.1 Å². The lowest BCUT2D eigenvalue weighted by Gasteiger charge is -2.49. The zero-order valence-corrected chi connectivity index (χ0v) is 20.3. The van der Waals surface area contributed by atoms with Crippen LogP contribution in [0.25, 0.3) is 11.1 Å². The second kappa shape index (κ2) is 12.2. The molecule has 0 aliphatic carbocycles.